The molecule has 0 radical (unpaired) electrons. The van der Waals surface area contributed by atoms with Crippen molar-refractivity contribution in [2.45, 2.75) is 4.90 Å². The zero-order valence-electron chi connectivity index (χ0n) is 15.4. The lowest BCUT2D eigenvalue weighted by Gasteiger charge is -2.11. The molecular weight excluding hydrogens is 428 g/mol. The lowest BCUT2D eigenvalue weighted by molar-refractivity contribution is 0.103. The van der Waals surface area contributed by atoms with Crippen LogP contribution in [0.4, 0.5) is 20.2 Å². The highest BCUT2D eigenvalue weighted by Crippen LogP contribution is 2.29. The lowest BCUT2D eigenvalue weighted by atomic mass is 10.0. The van der Waals surface area contributed by atoms with E-state index in [4.69, 9.17) is 6.57 Å². The standard InChI is InChI=1S/C20H11F2N5O3S/c1-23-11-7-13-14(10-26-20(13)25-8-11)19(28)17-15(21)4-5-16(18(17)22)27-31(29,30)12-3-2-6-24-9-12/h2-10,27H,(H,25,26). The molecule has 4 aromatic rings. The third-order valence-corrected chi connectivity index (χ3v) is 5.75. The molecule has 0 spiro atoms. The summed E-state index contributed by atoms with van der Waals surface area (Å²) in [6, 6.07) is 5.66. The van der Waals surface area contributed by atoms with Gasteiger partial charge >= 0.3 is 0 Å². The van der Waals surface area contributed by atoms with Crippen molar-refractivity contribution >= 4 is 38.2 Å². The Morgan fingerprint density at radius 2 is 2.00 bits per heavy atom. The van der Waals surface area contributed by atoms with Crippen LogP contribution >= 0.6 is 0 Å². The number of nitrogens with one attached hydrogen (secondary N) is 2. The zero-order chi connectivity index (χ0) is 22.2. The summed E-state index contributed by atoms with van der Waals surface area (Å²) in [5, 5.41) is 0.207. The van der Waals surface area contributed by atoms with E-state index in [2.05, 4.69) is 19.8 Å². The highest BCUT2D eigenvalue weighted by molar-refractivity contribution is 7.92. The molecule has 8 nitrogen and oxygen atoms in total. The van der Waals surface area contributed by atoms with Gasteiger partial charge in [-0.25, -0.2) is 22.0 Å². The number of benzene rings is 1. The summed E-state index contributed by atoms with van der Waals surface area (Å²) in [6.07, 6.45) is 4.93. The predicted molar refractivity (Wildman–Crippen MR) is 107 cm³/mol. The maximum Gasteiger partial charge on any atom is 0.263 e. The molecule has 0 aliphatic rings. The van der Waals surface area contributed by atoms with Crippen molar-refractivity contribution < 1.29 is 22.0 Å². The molecule has 0 unspecified atom stereocenters. The first-order chi connectivity index (χ1) is 14.8. The molecule has 11 heteroatoms. The molecule has 0 atom stereocenters. The van der Waals surface area contributed by atoms with Crippen molar-refractivity contribution in [2.24, 2.45) is 0 Å². The Labute approximate surface area is 174 Å². The van der Waals surface area contributed by atoms with E-state index in [0.29, 0.717) is 0 Å². The van der Waals surface area contributed by atoms with Gasteiger partial charge in [0.1, 0.15) is 16.4 Å². The first kappa shape index (κ1) is 20.1. The highest BCUT2D eigenvalue weighted by Gasteiger charge is 2.26. The number of aromatic amines is 1. The minimum Gasteiger partial charge on any atom is -0.345 e. The van der Waals surface area contributed by atoms with E-state index in [1.54, 1.807) is 0 Å². The number of aromatic nitrogens is 3. The average Bonchev–Trinajstić information content (AvgIpc) is 3.19. The summed E-state index contributed by atoms with van der Waals surface area (Å²) < 4.78 is 56.5. The summed E-state index contributed by atoms with van der Waals surface area (Å²) in [5.41, 5.74) is -1.27. The summed E-state index contributed by atoms with van der Waals surface area (Å²) in [6.45, 7) is 7.07. The number of hydrogen-bond acceptors (Lipinski definition) is 5. The van der Waals surface area contributed by atoms with Crippen LogP contribution in [-0.2, 0) is 10.0 Å². The number of rotatable bonds is 5. The summed E-state index contributed by atoms with van der Waals surface area (Å²) in [7, 11) is -4.22. The van der Waals surface area contributed by atoms with E-state index in [1.807, 2.05) is 4.72 Å². The quantitative estimate of drug-likeness (QED) is 0.363. The maximum absolute atomic E-state index is 15.1. The summed E-state index contributed by atoms with van der Waals surface area (Å²) in [4.78, 5) is 26.3. The normalized spacial score (nSPS) is 11.3. The Morgan fingerprint density at radius 3 is 2.71 bits per heavy atom. The first-order valence-corrected chi connectivity index (χ1v) is 10.1. The fourth-order valence-electron chi connectivity index (χ4n) is 2.93. The fourth-order valence-corrected chi connectivity index (χ4v) is 3.95. The van der Waals surface area contributed by atoms with E-state index in [0.717, 1.165) is 18.3 Å². The second kappa shape index (κ2) is 7.58. The molecule has 0 saturated heterocycles. The molecule has 31 heavy (non-hydrogen) atoms. The molecule has 154 valence electrons. The largest absolute Gasteiger partial charge is 0.345 e. The van der Waals surface area contributed by atoms with Crippen molar-refractivity contribution in [3.05, 3.63) is 89.3 Å². The topological polar surface area (TPSA) is 109 Å². The molecule has 4 rings (SSSR count). The zero-order valence-corrected chi connectivity index (χ0v) is 16.2. The number of pyridine rings is 2. The van der Waals surface area contributed by atoms with Gasteiger partial charge in [0, 0.05) is 35.7 Å². The molecule has 0 saturated carbocycles. The van der Waals surface area contributed by atoms with Crippen LogP contribution in [-0.4, -0.2) is 29.2 Å². The molecule has 0 aliphatic heterocycles. The monoisotopic (exact) mass is 439 g/mol. The van der Waals surface area contributed by atoms with Gasteiger partial charge < -0.3 is 4.98 Å². The van der Waals surface area contributed by atoms with Crippen molar-refractivity contribution in [1.29, 1.82) is 0 Å². The number of hydrogen-bond donors (Lipinski definition) is 2. The molecular formula is C20H11F2N5O3S. The van der Waals surface area contributed by atoms with Gasteiger partial charge in [-0.05, 0) is 30.3 Å². The molecule has 0 amide bonds. The van der Waals surface area contributed by atoms with E-state index in [9.17, 15) is 17.6 Å². The van der Waals surface area contributed by atoms with E-state index in [-0.39, 0.29) is 27.2 Å². The van der Waals surface area contributed by atoms with Crippen LogP contribution in [0.5, 0.6) is 0 Å². The van der Waals surface area contributed by atoms with Crippen molar-refractivity contribution in [3.63, 3.8) is 0 Å². The Bertz CT molecular complexity index is 1480. The minimum atomic E-state index is -4.22. The Morgan fingerprint density at radius 1 is 1.19 bits per heavy atom. The third-order valence-electron chi connectivity index (χ3n) is 4.40. The van der Waals surface area contributed by atoms with Gasteiger partial charge in [0.05, 0.1) is 17.8 Å². The molecule has 1 aromatic carbocycles. The number of carbonyl (C=O) groups excluding carboxylic acids is 1. The van der Waals surface area contributed by atoms with Crippen LogP contribution in [0.2, 0.25) is 0 Å². The van der Waals surface area contributed by atoms with E-state index in [1.165, 1.54) is 36.8 Å². The third kappa shape index (κ3) is 3.60. The second-order valence-corrected chi connectivity index (χ2v) is 7.99. The van der Waals surface area contributed by atoms with Gasteiger partial charge in [-0.15, -0.1) is 0 Å². The van der Waals surface area contributed by atoms with Crippen LogP contribution in [0.15, 0.2) is 60.0 Å². The Kier molecular flexibility index (Phi) is 4.92. The average molecular weight is 439 g/mol. The van der Waals surface area contributed by atoms with Crippen LogP contribution < -0.4 is 4.72 Å². The fraction of sp³-hybridized carbons (Fsp3) is 0. The van der Waals surface area contributed by atoms with Gasteiger partial charge in [0.15, 0.2) is 5.82 Å². The number of fused-ring (bicyclic) bond motifs is 1. The number of H-pyrrole nitrogens is 1. The van der Waals surface area contributed by atoms with Gasteiger partial charge in [0.25, 0.3) is 10.0 Å². The Hall–Kier alpha value is -4.17. The molecule has 2 N–H and O–H groups in total. The SMILES string of the molecule is [C-]#[N+]c1cnc2[nH]cc(C(=O)c3c(F)ccc(NS(=O)(=O)c4cccnc4)c3F)c2c1. The van der Waals surface area contributed by atoms with Crippen LogP contribution in [0.25, 0.3) is 15.9 Å². The summed E-state index contributed by atoms with van der Waals surface area (Å²) >= 11 is 0. The number of sulfonamides is 1. The Balaban J connectivity index is 1.78. The van der Waals surface area contributed by atoms with Crippen LogP contribution in [0.3, 0.4) is 0 Å². The predicted octanol–water partition coefficient (Wildman–Crippen LogP) is 3.82. The smallest absolute Gasteiger partial charge is 0.263 e. The van der Waals surface area contributed by atoms with Crippen molar-refractivity contribution in [3.8, 4) is 0 Å². The van der Waals surface area contributed by atoms with Gasteiger partial charge in [-0.3, -0.25) is 19.5 Å². The summed E-state index contributed by atoms with van der Waals surface area (Å²) in [5.74, 6) is -3.58. The highest BCUT2D eigenvalue weighted by atomic mass is 32.2. The van der Waals surface area contributed by atoms with Gasteiger partial charge in [0.2, 0.25) is 11.5 Å². The maximum atomic E-state index is 15.1. The van der Waals surface area contributed by atoms with E-state index >= 15 is 4.39 Å². The van der Waals surface area contributed by atoms with E-state index < -0.39 is 38.7 Å². The van der Waals surface area contributed by atoms with Crippen molar-refractivity contribution in [1.82, 2.24) is 15.0 Å². The number of carbonyl (C=O) groups is 1. The molecule has 0 fully saturated rings. The number of halogens is 2. The van der Waals surface area contributed by atoms with Gasteiger partial charge in [-0.1, -0.05) is 0 Å². The molecule has 3 heterocycles. The second-order valence-electron chi connectivity index (χ2n) is 6.31. The number of ketones is 1. The first-order valence-electron chi connectivity index (χ1n) is 8.62. The number of nitrogens with zero attached hydrogens (tertiary/aromatic N) is 3. The number of anilines is 1. The van der Waals surface area contributed by atoms with Crippen LogP contribution in [0.1, 0.15) is 15.9 Å². The van der Waals surface area contributed by atoms with Crippen LogP contribution in [0, 0.1) is 18.2 Å². The van der Waals surface area contributed by atoms with Crippen molar-refractivity contribution in [2.75, 3.05) is 4.72 Å². The lowest BCUT2D eigenvalue weighted by Crippen LogP contribution is -2.16. The van der Waals surface area contributed by atoms with Gasteiger partial charge in [-0.2, -0.15) is 0 Å². The molecule has 0 bridgehead atoms. The molecule has 3 aromatic heterocycles. The minimum absolute atomic E-state index is 0.113. The molecule has 0 aliphatic carbocycles.